The first kappa shape index (κ1) is 14.6. The van der Waals surface area contributed by atoms with Crippen LogP contribution >= 0.6 is 0 Å². The van der Waals surface area contributed by atoms with Gasteiger partial charge in [0.15, 0.2) is 5.69 Å². The average molecular weight is 255 g/mol. The van der Waals surface area contributed by atoms with Crippen molar-refractivity contribution in [3.63, 3.8) is 0 Å². The number of hydrogen-bond donors (Lipinski definition) is 0. The van der Waals surface area contributed by atoms with E-state index in [0.717, 1.165) is 5.69 Å². The van der Waals surface area contributed by atoms with Gasteiger partial charge in [-0.2, -0.15) is 0 Å². The highest BCUT2D eigenvalue weighted by molar-refractivity contribution is 5.88. The van der Waals surface area contributed by atoms with E-state index in [2.05, 4.69) is 10.3 Å². The maximum absolute atomic E-state index is 11.6. The molecular formula is C12H21N3O3. The highest BCUT2D eigenvalue weighted by atomic mass is 16.5. The first-order valence-electron chi connectivity index (χ1n) is 6.10. The van der Waals surface area contributed by atoms with Crippen LogP contribution in [0.3, 0.4) is 0 Å². The summed E-state index contributed by atoms with van der Waals surface area (Å²) < 4.78 is 11.9. The minimum Gasteiger partial charge on any atom is -0.464 e. The van der Waals surface area contributed by atoms with E-state index in [4.69, 9.17) is 9.47 Å². The summed E-state index contributed by atoms with van der Waals surface area (Å²) in [6.07, 6.45) is 0.177. The molecule has 0 radical (unpaired) electrons. The second-order valence-electron chi connectivity index (χ2n) is 4.61. The van der Waals surface area contributed by atoms with Gasteiger partial charge in [-0.25, -0.2) is 9.48 Å². The normalized spacial score (nSPS) is 11.3. The number of carbonyl (C=O) groups is 1. The summed E-state index contributed by atoms with van der Waals surface area (Å²) in [5, 5.41) is 7.88. The molecule has 1 rings (SSSR count). The number of nitrogens with zero attached hydrogens (tertiary/aromatic N) is 3. The molecule has 0 unspecified atom stereocenters. The number of rotatable bonds is 6. The predicted octanol–water partition coefficient (Wildman–Crippen LogP) is 1.61. The molecule has 0 fully saturated rings. The van der Waals surface area contributed by atoms with Gasteiger partial charge in [-0.15, -0.1) is 5.10 Å². The zero-order valence-electron chi connectivity index (χ0n) is 11.6. The number of methoxy groups -OCH3 is 1. The third kappa shape index (κ3) is 3.53. The van der Waals surface area contributed by atoms with Crippen LogP contribution in [-0.4, -0.2) is 40.8 Å². The van der Waals surface area contributed by atoms with Gasteiger partial charge >= 0.3 is 5.97 Å². The molecule has 102 valence electrons. The van der Waals surface area contributed by atoms with Crippen molar-refractivity contribution in [1.29, 1.82) is 0 Å². The monoisotopic (exact) mass is 255 g/mol. The first-order valence-corrected chi connectivity index (χ1v) is 6.10. The van der Waals surface area contributed by atoms with Crippen molar-refractivity contribution in [2.24, 2.45) is 0 Å². The van der Waals surface area contributed by atoms with E-state index >= 15 is 0 Å². The number of ether oxygens (including phenoxy) is 2. The lowest BCUT2D eigenvalue weighted by Crippen LogP contribution is -2.15. The fourth-order valence-electron chi connectivity index (χ4n) is 1.67. The molecule has 1 aromatic rings. The van der Waals surface area contributed by atoms with Gasteiger partial charge in [-0.1, -0.05) is 19.1 Å². The van der Waals surface area contributed by atoms with Crippen LogP contribution in [-0.2, 0) is 16.0 Å². The molecule has 6 heteroatoms. The van der Waals surface area contributed by atoms with Gasteiger partial charge in [0.25, 0.3) is 0 Å². The first-order chi connectivity index (χ1) is 8.47. The number of carbonyl (C=O) groups excluding carboxylic acids is 1. The Labute approximate surface area is 107 Å². The molecule has 0 aliphatic rings. The molecule has 0 saturated carbocycles. The van der Waals surface area contributed by atoms with Gasteiger partial charge in [0.05, 0.1) is 32.1 Å². The van der Waals surface area contributed by atoms with Crippen LogP contribution in [0, 0.1) is 0 Å². The molecular weight excluding hydrogens is 234 g/mol. The average Bonchev–Trinajstić information content (AvgIpc) is 2.71. The maximum atomic E-state index is 11.6. The minimum absolute atomic E-state index is 0.146. The quantitative estimate of drug-likeness (QED) is 0.722. The Morgan fingerprint density at radius 1 is 1.33 bits per heavy atom. The standard InChI is InChI=1S/C12H21N3O3/c1-8(2)11-10(12(16)17-5)13-14-15(11)6-7-18-9(3)4/h8-9H,6-7H2,1-5H3. The van der Waals surface area contributed by atoms with Gasteiger partial charge in [-0.05, 0) is 19.8 Å². The lowest BCUT2D eigenvalue weighted by molar-refractivity contribution is 0.0590. The van der Waals surface area contributed by atoms with Crippen molar-refractivity contribution in [1.82, 2.24) is 15.0 Å². The van der Waals surface area contributed by atoms with Crippen molar-refractivity contribution >= 4 is 5.97 Å². The molecule has 0 amide bonds. The van der Waals surface area contributed by atoms with Crippen molar-refractivity contribution in [3.8, 4) is 0 Å². The van der Waals surface area contributed by atoms with Gasteiger partial charge in [0.2, 0.25) is 0 Å². The Morgan fingerprint density at radius 3 is 2.50 bits per heavy atom. The molecule has 6 nitrogen and oxygen atoms in total. The third-order valence-corrected chi connectivity index (χ3v) is 2.45. The zero-order chi connectivity index (χ0) is 13.7. The SMILES string of the molecule is COC(=O)c1nnn(CCOC(C)C)c1C(C)C. The van der Waals surface area contributed by atoms with E-state index in [1.165, 1.54) is 7.11 Å². The van der Waals surface area contributed by atoms with Crippen LogP contribution in [0.5, 0.6) is 0 Å². The van der Waals surface area contributed by atoms with E-state index in [9.17, 15) is 4.79 Å². The maximum Gasteiger partial charge on any atom is 0.360 e. The summed E-state index contributed by atoms with van der Waals surface area (Å²) in [5.41, 5.74) is 1.08. The van der Waals surface area contributed by atoms with Crippen LogP contribution in [0.1, 0.15) is 49.8 Å². The summed E-state index contributed by atoms with van der Waals surface area (Å²) in [4.78, 5) is 11.6. The highest BCUT2D eigenvalue weighted by Gasteiger charge is 2.22. The van der Waals surface area contributed by atoms with E-state index in [1.807, 2.05) is 27.7 Å². The van der Waals surface area contributed by atoms with Crippen molar-refractivity contribution in [2.45, 2.75) is 46.3 Å². The van der Waals surface area contributed by atoms with E-state index in [0.29, 0.717) is 13.2 Å². The molecule has 0 N–H and O–H groups in total. The van der Waals surface area contributed by atoms with E-state index in [-0.39, 0.29) is 17.7 Å². The lowest BCUT2D eigenvalue weighted by Gasteiger charge is -2.11. The summed E-state index contributed by atoms with van der Waals surface area (Å²) in [6.45, 7) is 9.06. The van der Waals surface area contributed by atoms with Crippen molar-refractivity contribution in [2.75, 3.05) is 13.7 Å². The molecule has 18 heavy (non-hydrogen) atoms. The fourth-order valence-corrected chi connectivity index (χ4v) is 1.67. The van der Waals surface area contributed by atoms with Gasteiger partial charge in [-0.3, -0.25) is 0 Å². The summed E-state index contributed by atoms with van der Waals surface area (Å²) in [5.74, 6) is -0.303. The van der Waals surface area contributed by atoms with E-state index in [1.54, 1.807) is 4.68 Å². The fraction of sp³-hybridized carbons (Fsp3) is 0.750. The number of aromatic nitrogens is 3. The largest absolute Gasteiger partial charge is 0.464 e. The Morgan fingerprint density at radius 2 is 2.00 bits per heavy atom. The molecule has 1 heterocycles. The summed E-state index contributed by atoms with van der Waals surface area (Å²) in [7, 11) is 1.34. The molecule has 0 aliphatic carbocycles. The highest BCUT2D eigenvalue weighted by Crippen LogP contribution is 2.18. The topological polar surface area (TPSA) is 66.2 Å². The molecule has 1 aromatic heterocycles. The summed E-state index contributed by atoms with van der Waals surface area (Å²) in [6, 6.07) is 0. The Bertz CT molecular complexity index is 399. The number of esters is 1. The molecule has 0 bridgehead atoms. The molecule has 0 spiro atoms. The zero-order valence-corrected chi connectivity index (χ0v) is 11.6. The van der Waals surface area contributed by atoms with Gasteiger partial charge < -0.3 is 9.47 Å². The van der Waals surface area contributed by atoms with Crippen LogP contribution < -0.4 is 0 Å². The second kappa shape index (κ2) is 6.49. The van der Waals surface area contributed by atoms with Crippen LogP contribution in [0.15, 0.2) is 0 Å². The second-order valence-corrected chi connectivity index (χ2v) is 4.61. The molecule has 0 aromatic carbocycles. The molecule has 0 saturated heterocycles. The van der Waals surface area contributed by atoms with Gasteiger partial charge in [0.1, 0.15) is 0 Å². The number of hydrogen-bond acceptors (Lipinski definition) is 5. The molecule has 0 atom stereocenters. The smallest absolute Gasteiger partial charge is 0.360 e. The molecule has 0 aliphatic heterocycles. The summed E-state index contributed by atoms with van der Waals surface area (Å²) >= 11 is 0. The van der Waals surface area contributed by atoms with Gasteiger partial charge in [0, 0.05) is 0 Å². The van der Waals surface area contributed by atoms with E-state index < -0.39 is 5.97 Å². The predicted molar refractivity (Wildman–Crippen MR) is 66.5 cm³/mol. The Kier molecular flexibility index (Phi) is 5.27. The van der Waals surface area contributed by atoms with Crippen molar-refractivity contribution in [3.05, 3.63) is 11.4 Å². The third-order valence-electron chi connectivity index (χ3n) is 2.45. The Hall–Kier alpha value is -1.43. The van der Waals surface area contributed by atoms with Crippen LogP contribution in [0.25, 0.3) is 0 Å². The Balaban J connectivity index is 2.85. The van der Waals surface area contributed by atoms with Crippen LogP contribution in [0.4, 0.5) is 0 Å². The van der Waals surface area contributed by atoms with Crippen LogP contribution in [0.2, 0.25) is 0 Å². The van der Waals surface area contributed by atoms with Crippen molar-refractivity contribution < 1.29 is 14.3 Å². The lowest BCUT2D eigenvalue weighted by atomic mass is 10.1. The minimum atomic E-state index is -0.449.